The van der Waals surface area contributed by atoms with Crippen molar-refractivity contribution >= 4 is 0 Å². The molecule has 1 N–H and O–H groups in total. The van der Waals surface area contributed by atoms with Gasteiger partial charge in [0.25, 0.3) is 0 Å². The minimum Gasteiger partial charge on any atom is -0.469 e. The fourth-order valence-electron chi connectivity index (χ4n) is 1.58. The molecule has 84 valence electrons. The van der Waals surface area contributed by atoms with Crippen molar-refractivity contribution in [2.75, 3.05) is 6.54 Å². The van der Waals surface area contributed by atoms with Crippen LogP contribution in [-0.4, -0.2) is 11.5 Å². The predicted molar refractivity (Wildman–Crippen MR) is 63.1 cm³/mol. The second-order valence-corrected chi connectivity index (χ2v) is 3.78. The summed E-state index contributed by atoms with van der Waals surface area (Å²) in [4.78, 5) is 4.42. The van der Waals surface area contributed by atoms with Gasteiger partial charge in [0.15, 0.2) is 0 Å². The van der Waals surface area contributed by atoms with Crippen LogP contribution >= 0.6 is 0 Å². The maximum absolute atomic E-state index is 5.25. The van der Waals surface area contributed by atoms with Gasteiger partial charge < -0.3 is 9.73 Å². The third kappa shape index (κ3) is 3.21. The van der Waals surface area contributed by atoms with E-state index in [1.54, 1.807) is 6.26 Å². The van der Waals surface area contributed by atoms with Crippen LogP contribution in [0, 0.1) is 6.92 Å². The van der Waals surface area contributed by atoms with E-state index in [-0.39, 0.29) is 0 Å². The van der Waals surface area contributed by atoms with Gasteiger partial charge in [-0.05, 0) is 31.2 Å². The van der Waals surface area contributed by atoms with Crippen LogP contribution in [0.15, 0.2) is 41.0 Å². The highest BCUT2D eigenvalue weighted by molar-refractivity contribution is 5.09. The molecule has 2 rings (SSSR count). The third-order valence-corrected chi connectivity index (χ3v) is 2.38. The molecule has 0 bridgehead atoms. The minimum atomic E-state index is 0.808. The van der Waals surface area contributed by atoms with Crippen LogP contribution in [0.2, 0.25) is 0 Å². The van der Waals surface area contributed by atoms with Crippen molar-refractivity contribution in [3.8, 4) is 0 Å². The second-order valence-electron chi connectivity index (χ2n) is 3.78. The third-order valence-electron chi connectivity index (χ3n) is 2.38. The van der Waals surface area contributed by atoms with E-state index < -0.39 is 0 Å². The average Bonchev–Trinajstić information content (AvgIpc) is 2.77. The Morgan fingerprint density at radius 3 is 2.94 bits per heavy atom. The normalized spacial score (nSPS) is 10.6. The highest BCUT2D eigenvalue weighted by Crippen LogP contribution is 2.00. The Labute approximate surface area is 95.5 Å². The summed E-state index contributed by atoms with van der Waals surface area (Å²) in [5.41, 5.74) is 2.14. The molecule has 2 aromatic rings. The molecule has 0 spiro atoms. The molecule has 3 heteroatoms. The van der Waals surface area contributed by atoms with E-state index in [2.05, 4.69) is 10.3 Å². The first-order valence-electron chi connectivity index (χ1n) is 5.50. The van der Waals surface area contributed by atoms with E-state index in [4.69, 9.17) is 4.42 Å². The number of pyridine rings is 1. The summed E-state index contributed by atoms with van der Waals surface area (Å²) in [6.45, 7) is 3.72. The first-order valence-corrected chi connectivity index (χ1v) is 5.50. The number of hydrogen-bond acceptors (Lipinski definition) is 3. The molecule has 0 unspecified atom stereocenters. The molecule has 2 heterocycles. The summed E-state index contributed by atoms with van der Waals surface area (Å²) in [7, 11) is 0. The van der Waals surface area contributed by atoms with Crippen molar-refractivity contribution < 1.29 is 4.42 Å². The van der Waals surface area contributed by atoms with Crippen LogP contribution in [-0.2, 0) is 13.0 Å². The van der Waals surface area contributed by atoms with Crippen LogP contribution in [0.5, 0.6) is 0 Å². The zero-order valence-corrected chi connectivity index (χ0v) is 9.44. The number of hydrogen-bond donors (Lipinski definition) is 1. The van der Waals surface area contributed by atoms with E-state index in [1.165, 1.54) is 0 Å². The molecular weight excluding hydrogens is 200 g/mol. The van der Waals surface area contributed by atoms with Crippen molar-refractivity contribution in [1.29, 1.82) is 0 Å². The molecule has 0 aromatic carbocycles. The maximum atomic E-state index is 5.25. The topological polar surface area (TPSA) is 38.1 Å². The molecule has 0 amide bonds. The summed E-state index contributed by atoms with van der Waals surface area (Å²) in [5.74, 6) is 1.02. The summed E-state index contributed by atoms with van der Waals surface area (Å²) >= 11 is 0. The molecular formula is C13H16N2O. The number of aryl methyl sites for hydroxylation is 1. The van der Waals surface area contributed by atoms with E-state index in [0.29, 0.717) is 0 Å². The summed E-state index contributed by atoms with van der Waals surface area (Å²) in [6, 6.07) is 9.98. The van der Waals surface area contributed by atoms with E-state index >= 15 is 0 Å². The molecule has 0 saturated carbocycles. The number of nitrogens with zero attached hydrogens (tertiary/aromatic N) is 1. The molecule has 0 aliphatic carbocycles. The average molecular weight is 216 g/mol. The molecule has 0 aliphatic heterocycles. The van der Waals surface area contributed by atoms with Crippen LogP contribution in [0.25, 0.3) is 0 Å². The molecule has 0 radical (unpaired) electrons. The van der Waals surface area contributed by atoms with E-state index in [0.717, 1.165) is 36.7 Å². The maximum Gasteiger partial charge on any atom is 0.105 e. The van der Waals surface area contributed by atoms with E-state index in [9.17, 15) is 0 Å². The second kappa shape index (κ2) is 5.47. The van der Waals surface area contributed by atoms with Gasteiger partial charge in [0.1, 0.15) is 5.76 Å². The monoisotopic (exact) mass is 216 g/mol. The fourth-order valence-corrected chi connectivity index (χ4v) is 1.58. The molecule has 0 saturated heterocycles. The van der Waals surface area contributed by atoms with Gasteiger partial charge in [-0.15, -0.1) is 0 Å². The Morgan fingerprint density at radius 1 is 1.25 bits per heavy atom. The Bertz CT molecular complexity index is 423. The van der Waals surface area contributed by atoms with Crippen molar-refractivity contribution in [3.63, 3.8) is 0 Å². The lowest BCUT2D eigenvalue weighted by Gasteiger charge is -2.03. The molecule has 2 aromatic heterocycles. The van der Waals surface area contributed by atoms with Gasteiger partial charge in [0.2, 0.25) is 0 Å². The first kappa shape index (κ1) is 10.9. The molecule has 16 heavy (non-hydrogen) atoms. The first-order chi connectivity index (χ1) is 7.84. The lowest BCUT2D eigenvalue weighted by molar-refractivity contribution is 0.498. The standard InChI is InChI=1S/C13H16N2O/c1-11-4-2-5-12(15-11)10-14-8-7-13-6-3-9-16-13/h2-6,9,14H,7-8,10H2,1H3. The van der Waals surface area contributed by atoms with Crippen LogP contribution in [0.4, 0.5) is 0 Å². The highest BCUT2D eigenvalue weighted by Gasteiger charge is 1.96. The predicted octanol–water partition coefficient (Wildman–Crippen LogP) is 2.32. The quantitative estimate of drug-likeness (QED) is 0.779. The smallest absolute Gasteiger partial charge is 0.105 e. The van der Waals surface area contributed by atoms with Gasteiger partial charge >= 0.3 is 0 Å². The Balaban J connectivity index is 1.72. The van der Waals surface area contributed by atoms with Gasteiger partial charge in [0.05, 0.1) is 12.0 Å². The van der Waals surface area contributed by atoms with Gasteiger partial charge in [-0.25, -0.2) is 0 Å². The van der Waals surface area contributed by atoms with Crippen LogP contribution in [0.1, 0.15) is 17.1 Å². The summed E-state index contributed by atoms with van der Waals surface area (Å²) < 4.78 is 5.25. The van der Waals surface area contributed by atoms with Crippen LogP contribution in [0.3, 0.4) is 0 Å². The van der Waals surface area contributed by atoms with Gasteiger partial charge in [0, 0.05) is 25.2 Å². The zero-order chi connectivity index (χ0) is 11.2. The van der Waals surface area contributed by atoms with Crippen molar-refractivity contribution in [1.82, 2.24) is 10.3 Å². The van der Waals surface area contributed by atoms with E-state index in [1.807, 2.05) is 37.3 Å². The van der Waals surface area contributed by atoms with Gasteiger partial charge in [-0.3, -0.25) is 4.98 Å². The Morgan fingerprint density at radius 2 is 2.19 bits per heavy atom. The van der Waals surface area contributed by atoms with Gasteiger partial charge in [-0.2, -0.15) is 0 Å². The summed E-state index contributed by atoms with van der Waals surface area (Å²) in [5, 5.41) is 3.34. The number of furan rings is 1. The fraction of sp³-hybridized carbons (Fsp3) is 0.308. The number of aromatic nitrogens is 1. The molecule has 0 fully saturated rings. The number of rotatable bonds is 5. The lowest BCUT2D eigenvalue weighted by atomic mass is 10.3. The molecule has 0 atom stereocenters. The lowest BCUT2D eigenvalue weighted by Crippen LogP contribution is -2.17. The zero-order valence-electron chi connectivity index (χ0n) is 9.44. The minimum absolute atomic E-state index is 0.808. The molecule has 3 nitrogen and oxygen atoms in total. The Hall–Kier alpha value is -1.61. The van der Waals surface area contributed by atoms with Crippen molar-refractivity contribution in [3.05, 3.63) is 53.7 Å². The Kier molecular flexibility index (Phi) is 3.72. The van der Waals surface area contributed by atoms with Crippen LogP contribution < -0.4 is 5.32 Å². The number of nitrogens with one attached hydrogen (secondary N) is 1. The van der Waals surface area contributed by atoms with Crippen molar-refractivity contribution in [2.24, 2.45) is 0 Å². The highest BCUT2D eigenvalue weighted by atomic mass is 16.3. The van der Waals surface area contributed by atoms with Gasteiger partial charge in [-0.1, -0.05) is 6.07 Å². The largest absolute Gasteiger partial charge is 0.469 e. The summed E-state index contributed by atoms with van der Waals surface area (Å²) in [6.07, 6.45) is 2.62. The molecule has 0 aliphatic rings. The SMILES string of the molecule is Cc1cccc(CNCCc2ccco2)n1. The van der Waals surface area contributed by atoms with Crippen molar-refractivity contribution in [2.45, 2.75) is 19.9 Å².